The molecule has 0 saturated heterocycles. The van der Waals surface area contributed by atoms with Crippen LogP contribution in [-0.2, 0) is 0 Å². The topological polar surface area (TPSA) is 27.4 Å². The molecule has 10 heavy (non-hydrogen) atoms. The van der Waals surface area contributed by atoms with Crippen molar-refractivity contribution in [1.82, 2.24) is 5.32 Å². The predicted octanol–water partition coefficient (Wildman–Crippen LogP) is -0.0754. The maximum absolute atomic E-state index is 4.15. The summed E-state index contributed by atoms with van der Waals surface area (Å²) in [4.78, 5) is 4.15. The molecule has 1 atom stereocenters. The first-order chi connectivity index (χ1) is 4.79. The van der Waals surface area contributed by atoms with Crippen molar-refractivity contribution < 1.29 is 4.58 Å². The number of aliphatic imine (C=N–C) groups is 1. The van der Waals surface area contributed by atoms with Crippen LogP contribution in [0.2, 0.25) is 0 Å². The highest BCUT2D eigenvalue weighted by Crippen LogP contribution is 1.94. The minimum atomic E-state index is 0.652. The Balaban J connectivity index is 2.53. The van der Waals surface area contributed by atoms with Crippen molar-refractivity contribution in [2.45, 2.75) is 6.92 Å². The van der Waals surface area contributed by atoms with Crippen molar-refractivity contribution in [2.75, 3.05) is 20.1 Å². The van der Waals surface area contributed by atoms with Crippen molar-refractivity contribution in [3.63, 3.8) is 0 Å². The first-order valence-electron chi connectivity index (χ1n) is 3.57. The molecule has 3 heteroatoms. The van der Waals surface area contributed by atoms with Gasteiger partial charge in [-0.2, -0.15) is 0 Å². The second-order valence-electron chi connectivity index (χ2n) is 2.83. The Kier molecular flexibility index (Phi) is 2.42. The van der Waals surface area contributed by atoms with E-state index in [2.05, 4.69) is 28.9 Å². The number of hydrogen-bond acceptors (Lipinski definition) is 2. The van der Waals surface area contributed by atoms with Crippen LogP contribution in [0.5, 0.6) is 0 Å². The molecule has 1 heterocycles. The highest BCUT2D eigenvalue weighted by molar-refractivity contribution is 5.72. The minimum Gasteiger partial charge on any atom is -0.270 e. The zero-order chi connectivity index (χ0) is 7.40. The minimum absolute atomic E-state index is 0.652. The van der Waals surface area contributed by atoms with E-state index in [1.807, 2.05) is 6.34 Å². The lowest BCUT2D eigenvalue weighted by atomic mass is 10.2. The van der Waals surface area contributed by atoms with Gasteiger partial charge in [-0.25, -0.2) is 5.32 Å². The van der Waals surface area contributed by atoms with E-state index in [0.717, 1.165) is 13.1 Å². The molecule has 1 aliphatic rings. The van der Waals surface area contributed by atoms with Crippen molar-refractivity contribution in [2.24, 2.45) is 10.9 Å². The van der Waals surface area contributed by atoms with E-state index in [-0.39, 0.29) is 0 Å². The van der Waals surface area contributed by atoms with E-state index in [1.54, 1.807) is 6.34 Å². The number of nitrogens with zero attached hydrogens (tertiary/aromatic N) is 2. The molecule has 0 spiro atoms. The second-order valence-corrected chi connectivity index (χ2v) is 2.83. The quantitative estimate of drug-likeness (QED) is 0.468. The number of rotatable bonds is 0. The fraction of sp³-hybridized carbons (Fsp3) is 0.714. The number of nitrogens with one attached hydrogen (secondary N) is 1. The van der Waals surface area contributed by atoms with Crippen LogP contribution in [0.25, 0.3) is 0 Å². The summed E-state index contributed by atoms with van der Waals surface area (Å²) in [6.45, 7) is 4.20. The zero-order valence-corrected chi connectivity index (χ0v) is 6.54. The second kappa shape index (κ2) is 3.34. The van der Waals surface area contributed by atoms with Gasteiger partial charge in [0.25, 0.3) is 0 Å². The van der Waals surface area contributed by atoms with E-state index in [4.69, 9.17) is 0 Å². The summed E-state index contributed by atoms with van der Waals surface area (Å²) in [7, 11) is 2.06. The third-order valence-electron chi connectivity index (χ3n) is 1.48. The van der Waals surface area contributed by atoms with Gasteiger partial charge in [-0.3, -0.25) is 9.57 Å². The molecule has 0 bridgehead atoms. The van der Waals surface area contributed by atoms with Crippen LogP contribution >= 0.6 is 0 Å². The molecule has 0 aromatic heterocycles. The fourth-order valence-electron chi connectivity index (χ4n) is 1.05. The summed E-state index contributed by atoms with van der Waals surface area (Å²) in [5.41, 5.74) is 0. The van der Waals surface area contributed by atoms with Crippen molar-refractivity contribution in [3.8, 4) is 0 Å². The van der Waals surface area contributed by atoms with Gasteiger partial charge in [0.2, 0.25) is 6.34 Å². The molecule has 0 radical (unpaired) electrons. The standard InChI is InChI=1S/C7H13N3/c1-7-3-8-5-9-6-10(2)4-7/h5-7H,3-4H2,1-2H3/p+1. The normalized spacial score (nSPS) is 26.2. The van der Waals surface area contributed by atoms with Crippen LogP contribution in [0.15, 0.2) is 4.99 Å². The maximum Gasteiger partial charge on any atom is 0.237 e. The molecular formula is C7H14N3+. The summed E-state index contributed by atoms with van der Waals surface area (Å²) in [6.07, 6.45) is 3.67. The predicted molar refractivity (Wildman–Crippen MR) is 42.8 cm³/mol. The van der Waals surface area contributed by atoms with Crippen LogP contribution in [-0.4, -0.2) is 37.4 Å². The lowest BCUT2D eigenvalue weighted by molar-refractivity contribution is -0.500. The molecule has 0 amide bonds. The molecule has 0 saturated carbocycles. The van der Waals surface area contributed by atoms with Gasteiger partial charge in [0.15, 0.2) is 6.34 Å². The molecule has 1 N–H and O–H groups in total. The van der Waals surface area contributed by atoms with E-state index < -0.39 is 0 Å². The SMILES string of the molecule is CC1CN=CNC=[N+](C)C1. The first-order valence-corrected chi connectivity index (χ1v) is 3.57. The molecule has 0 fully saturated rings. The van der Waals surface area contributed by atoms with Crippen LogP contribution in [0.4, 0.5) is 0 Å². The third-order valence-corrected chi connectivity index (χ3v) is 1.48. The summed E-state index contributed by atoms with van der Waals surface area (Å²) in [5.74, 6) is 0.652. The monoisotopic (exact) mass is 140 g/mol. The average Bonchev–Trinajstić information content (AvgIpc) is 1.83. The van der Waals surface area contributed by atoms with Crippen LogP contribution < -0.4 is 5.32 Å². The van der Waals surface area contributed by atoms with Crippen LogP contribution in [0.1, 0.15) is 6.92 Å². The highest BCUT2D eigenvalue weighted by Gasteiger charge is 2.05. The Bertz CT molecular complexity index is 160. The van der Waals surface area contributed by atoms with Crippen LogP contribution in [0.3, 0.4) is 0 Å². The summed E-state index contributed by atoms with van der Waals surface area (Å²) >= 11 is 0. The van der Waals surface area contributed by atoms with Crippen LogP contribution in [0, 0.1) is 5.92 Å². The fourth-order valence-corrected chi connectivity index (χ4v) is 1.05. The summed E-state index contributed by atoms with van der Waals surface area (Å²) in [5, 5.41) is 2.97. The van der Waals surface area contributed by atoms with Gasteiger partial charge in [-0.05, 0) is 0 Å². The largest absolute Gasteiger partial charge is 0.270 e. The Morgan fingerprint density at radius 2 is 2.50 bits per heavy atom. The van der Waals surface area contributed by atoms with E-state index >= 15 is 0 Å². The zero-order valence-electron chi connectivity index (χ0n) is 6.54. The van der Waals surface area contributed by atoms with E-state index in [9.17, 15) is 0 Å². The molecule has 0 aliphatic carbocycles. The Morgan fingerprint density at radius 3 is 3.30 bits per heavy atom. The smallest absolute Gasteiger partial charge is 0.237 e. The molecule has 3 nitrogen and oxygen atoms in total. The molecule has 56 valence electrons. The third kappa shape index (κ3) is 2.17. The molecule has 0 aromatic carbocycles. The van der Waals surface area contributed by atoms with Gasteiger partial charge in [-0.1, -0.05) is 6.92 Å². The summed E-state index contributed by atoms with van der Waals surface area (Å²) < 4.78 is 2.13. The molecule has 1 rings (SSSR count). The van der Waals surface area contributed by atoms with Gasteiger partial charge >= 0.3 is 0 Å². The van der Waals surface area contributed by atoms with Gasteiger partial charge in [-0.15, -0.1) is 0 Å². The van der Waals surface area contributed by atoms with Gasteiger partial charge in [0.05, 0.1) is 13.6 Å². The van der Waals surface area contributed by atoms with E-state index in [0.29, 0.717) is 5.92 Å². The Morgan fingerprint density at radius 1 is 1.70 bits per heavy atom. The average molecular weight is 140 g/mol. The molecule has 1 unspecified atom stereocenters. The molecule has 1 aliphatic heterocycles. The summed E-state index contributed by atoms with van der Waals surface area (Å²) in [6, 6.07) is 0. The highest BCUT2D eigenvalue weighted by atomic mass is 15.1. The van der Waals surface area contributed by atoms with E-state index in [1.165, 1.54) is 0 Å². The first kappa shape index (κ1) is 7.25. The van der Waals surface area contributed by atoms with Gasteiger partial charge in [0.1, 0.15) is 0 Å². The van der Waals surface area contributed by atoms with Crippen molar-refractivity contribution in [1.29, 1.82) is 0 Å². The number of hydrogen-bond donors (Lipinski definition) is 1. The molecule has 0 aromatic rings. The van der Waals surface area contributed by atoms with Crippen molar-refractivity contribution in [3.05, 3.63) is 0 Å². The molecular weight excluding hydrogens is 126 g/mol. The lowest BCUT2D eigenvalue weighted by Gasteiger charge is -2.08. The van der Waals surface area contributed by atoms with Gasteiger partial charge < -0.3 is 0 Å². The maximum atomic E-state index is 4.15. The van der Waals surface area contributed by atoms with Gasteiger partial charge in [0, 0.05) is 12.5 Å². The Hall–Kier alpha value is -0.860. The lowest BCUT2D eigenvalue weighted by Crippen LogP contribution is -2.26. The van der Waals surface area contributed by atoms with Crippen molar-refractivity contribution >= 4 is 12.7 Å². The Labute approximate surface area is 61.5 Å².